The molecule has 13 heavy (non-hydrogen) atoms. The van der Waals surface area contributed by atoms with Crippen molar-refractivity contribution >= 4 is 28.3 Å². The van der Waals surface area contributed by atoms with Crippen molar-refractivity contribution in [2.75, 3.05) is 13.1 Å². The van der Waals surface area contributed by atoms with Gasteiger partial charge in [0.05, 0.1) is 0 Å². The van der Waals surface area contributed by atoms with E-state index in [-0.39, 0.29) is 12.4 Å². The molecule has 1 nitrogen and oxygen atoms in total. The summed E-state index contributed by atoms with van der Waals surface area (Å²) in [5, 5.41) is 3.37. The van der Waals surface area contributed by atoms with Gasteiger partial charge in [-0.3, -0.25) is 0 Å². The molecule has 1 heterocycles. The predicted molar refractivity (Wildman–Crippen MR) is 61.6 cm³/mol. The highest BCUT2D eigenvalue weighted by Crippen LogP contribution is 2.24. The summed E-state index contributed by atoms with van der Waals surface area (Å²) in [4.78, 5) is 0. The second-order valence-electron chi connectivity index (χ2n) is 3.24. The second kappa shape index (κ2) is 4.99. The summed E-state index contributed by atoms with van der Waals surface area (Å²) in [5.41, 5.74) is 1.45. The zero-order valence-electron chi connectivity index (χ0n) is 7.29. The van der Waals surface area contributed by atoms with Gasteiger partial charge in [-0.15, -0.1) is 12.4 Å². The van der Waals surface area contributed by atoms with E-state index in [0.717, 1.165) is 19.0 Å². The maximum absolute atomic E-state index is 3.49. The van der Waals surface area contributed by atoms with E-state index in [1.54, 1.807) is 0 Å². The van der Waals surface area contributed by atoms with Crippen LogP contribution in [0.15, 0.2) is 28.7 Å². The molecule has 1 aliphatic heterocycles. The Hall–Kier alpha value is -0.0500. The third-order valence-electron chi connectivity index (χ3n) is 2.38. The quantitative estimate of drug-likeness (QED) is 0.820. The molecule has 1 aliphatic rings. The monoisotopic (exact) mass is 261 g/mol. The highest BCUT2D eigenvalue weighted by molar-refractivity contribution is 9.10. The summed E-state index contributed by atoms with van der Waals surface area (Å²) in [5.74, 6) is 0.725. The first-order chi connectivity index (χ1) is 5.86. The Morgan fingerprint density at radius 1 is 1.38 bits per heavy atom. The van der Waals surface area contributed by atoms with Gasteiger partial charge in [-0.25, -0.2) is 0 Å². The van der Waals surface area contributed by atoms with Gasteiger partial charge in [0, 0.05) is 11.0 Å². The van der Waals surface area contributed by atoms with Crippen molar-refractivity contribution in [3.8, 4) is 0 Å². The van der Waals surface area contributed by atoms with E-state index < -0.39 is 0 Å². The van der Waals surface area contributed by atoms with Gasteiger partial charge < -0.3 is 5.32 Å². The molecule has 72 valence electrons. The fourth-order valence-electron chi connectivity index (χ4n) is 1.70. The Morgan fingerprint density at radius 3 is 2.85 bits per heavy atom. The lowest BCUT2D eigenvalue weighted by Crippen LogP contribution is -2.07. The Bertz CT molecular complexity index is 271. The van der Waals surface area contributed by atoms with Crippen molar-refractivity contribution in [2.45, 2.75) is 12.3 Å². The molecule has 0 amide bonds. The minimum atomic E-state index is 0. The number of halogens is 2. The molecule has 0 aromatic heterocycles. The van der Waals surface area contributed by atoms with Crippen LogP contribution in [0.3, 0.4) is 0 Å². The van der Waals surface area contributed by atoms with Crippen LogP contribution in [0.2, 0.25) is 0 Å². The molecule has 1 N–H and O–H groups in total. The molecule has 2 rings (SSSR count). The Kier molecular flexibility index (Phi) is 4.23. The summed E-state index contributed by atoms with van der Waals surface area (Å²) < 4.78 is 1.19. The van der Waals surface area contributed by atoms with E-state index in [1.807, 2.05) is 0 Å². The van der Waals surface area contributed by atoms with Crippen LogP contribution < -0.4 is 5.32 Å². The van der Waals surface area contributed by atoms with E-state index in [4.69, 9.17) is 0 Å². The maximum Gasteiger partial charge on any atom is 0.0178 e. The Labute approximate surface area is 93.5 Å². The number of nitrogens with one attached hydrogen (secondary N) is 1. The van der Waals surface area contributed by atoms with Crippen LogP contribution in [0.5, 0.6) is 0 Å². The molecule has 0 bridgehead atoms. The molecular weight excluding hydrogens is 249 g/mol. The third-order valence-corrected chi connectivity index (χ3v) is 2.87. The van der Waals surface area contributed by atoms with Crippen molar-refractivity contribution in [3.05, 3.63) is 34.3 Å². The summed E-state index contributed by atoms with van der Waals surface area (Å²) in [7, 11) is 0. The van der Waals surface area contributed by atoms with Crippen LogP contribution in [-0.4, -0.2) is 13.1 Å². The highest BCUT2D eigenvalue weighted by Gasteiger charge is 2.15. The van der Waals surface area contributed by atoms with Crippen LogP contribution in [0.1, 0.15) is 17.9 Å². The van der Waals surface area contributed by atoms with E-state index in [2.05, 4.69) is 45.5 Å². The SMILES string of the molecule is Brc1cccc([C@@H]2CCNC2)c1.Cl. The predicted octanol–water partition coefficient (Wildman–Crippen LogP) is 2.95. The topological polar surface area (TPSA) is 12.0 Å². The van der Waals surface area contributed by atoms with Gasteiger partial charge in [0.2, 0.25) is 0 Å². The molecule has 3 heteroatoms. The summed E-state index contributed by atoms with van der Waals surface area (Å²) in [6, 6.07) is 8.61. The van der Waals surface area contributed by atoms with Crippen LogP contribution >= 0.6 is 28.3 Å². The minimum Gasteiger partial charge on any atom is -0.316 e. The van der Waals surface area contributed by atoms with Crippen LogP contribution in [0, 0.1) is 0 Å². The van der Waals surface area contributed by atoms with Crippen molar-refractivity contribution in [2.24, 2.45) is 0 Å². The lowest BCUT2D eigenvalue weighted by molar-refractivity contribution is 0.763. The van der Waals surface area contributed by atoms with E-state index in [1.165, 1.54) is 16.5 Å². The van der Waals surface area contributed by atoms with E-state index >= 15 is 0 Å². The van der Waals surface area contributed by atoms with Gasteiger partial charge in [-0.1, -0.05) is 28.1 Å². The normalized spacial score (nSPS) is 21.2. The fraction of sp³-hybridized carbons (Fsp3) is 0.400. The highest BCUT2D eigenvalue weighted by atomic mass is 79.9. The van der Waals surface area contributed by atoms with Crippen LogP contribution in [0.25, 0.3) is 0 Å². The fourth-order valence-corrected chi connectivity index (χ4v) is 2.12. The average molecular weight is 263 g/mol. The number of hydrogen-bond donors (Lipinski definition) is 1. The van der Waals surface area contributed by atoms with Gasteiger partial charge in [0.1, 0.15) is 0 Å². The van der Waals surface area contributed by atoms with Gasteiger partial charge in [-0.05, 0) is 36.6 Å². The molecule has 0 radical (unpaired) electrons. The number of benzene rings is 1. The van der Waals surface area contributed by atoms with E-state index in [0.29, 0.717) is 0 Å². The average Bonchev–Trinajstić information content (AvgIpc) is 2.56. The second-order valence-corrected chi connectivity index (χ2v) is 4.16. The van der Waals surface area contributed by atoms with Crippen molar-refractivity contribution < 1.29 is 0 Å². The molecule has 1 aromatic rings. The van der Waals surface area contributed by atoms with Crippen molar-refractivity contribution in [3.63, 3.8) is 0 Å². The number of hydrogen-bond acceptors (Lipinski definition) is 1. The number of rotatable bonds is 1. The Balaban J connectivity index is 0.000000845. The van der Waals surface area contributed by atoms with E-state index in [9.17, 15) is 0 Å². The van der Waals surface area contributed by atoms with Gasteiger partial charge >= 0.3 is 0 Å². The largest absolute Gasteiger partial charge is 0.316 e. The summed E-state index contributed by atoms with van der Waals surface area (Å²) in [6.07, 6.45) is 1.27. The molecular formula is C10H13BrClN. The van der Waals surface area contributed by atoms with Crippen LogP contribution in [0.4, 0.5) is 0 Å². The zero-order valence-corrected chi connectivity index (χ0v) is 9.70. The standard InChI is InChI=1S/C10H12BrN.ClH/c11-10-3-1-2-8(6-10)9-4-5-12-7-9;/h1-3,6,9,12H,4-5,7H2;1H/t9-;/m1./s1. The molecule has 1 saturated heterocycles. The molecule has 0 spiro atoms. The molecule has 1 aromatic carbocycles. The van der Waals surface area contributed by atoms with Crippen LogP contribution in [-0.2, 0) is 0 Å². The smallest absolute Gasteiger partial charge is 0.0178 e. The lowest BCUT2D eigenvalue weighted by Gasteiger charge is -2.08. The minimum absolute atomic E-state index is 0. The molecule has 0 saturated carbocycles. The van der Waals surface area contributed by atoms with Crippen molar-refractivity contribution in [1.82, 2.24) is 5.32 Å². The van der Waals surface area contributed by atoms with Gasteiger partial charge in [0.25, 0.3) is 0 Å². The first-order valence-electron chi connectivity index (χ1n) is 4.32. The maximum atomic E-state index is 3.49. The zero-order chi connectivity index (χ0) is 8.39. The van der Waals surface area contributed by atoms with Crippen molar-refractivity contribution in [1.29, 1.82) is 0 Å². The molecule has 0 unspecified atom stereocenters. The first-order valence-corrected chi connectivity index (χ1v) is 5.12. The molecule has 1 atom stereocenters. The molecule has 1 fully saturated rings. The van der Waals surface area contributed by atoms with Gasteiger partial charge in [0.15, 0.2) is 0 Å². The van der Waals surface area contributed by atoms with Gasteiger partial charge in [-0.2, -0.15) is 0 Å². The summed E-state index contributed by atoms with van der Waals surface area (Å²) in [6.45, 7) is 2.30. The lowest BCUT2D eigenvalue weighted by atomic mass is 9.99. The Morgan fingerprint density at radius 2 is 2.23 bits per heavy atom. The third kappa shape index (κ3) is 2.70. The molecule has 0 aliphatic carbocycles. The first kappa shape index (κ1) is 11.0. The summed E-state index contributed by atoms with van der Waals surface area (Å²) >= 11 is 3.49.